The Bertz CT molecular complexity index is 336. The van der Waals surface area contributed by atoms with Crippen LogP contribution >= 0.6 is 0 Å². The predicted molar refractivity (Wildman–Crippen MR) is 57.4 cm³/mol. The van der Waals surface area contributed by atoms with E-state index in [4.69, 9.17) is 5.73 Å². The van der Waals surface area contributed by atoms with Crippen LogP contribution in [0.1, 0.15) is 23.1 Å². The van der Waals surface area contributed by atoms with E-state index in [-0.39, 0.29) is 11.9 Å². The number of aromatic nitrogens is 2. The Morgan fingerprint density at radius 1 is 1.53 bits per heavy atom. The average molecular weight is 208 g/mol. The molecule has 15 heavy (non-hydrogen) atoms. The van der Waals surface area contributed by atoms with E-state index in [0.717, 1.165) is 5.69 Å². The molecule has 1 aromatic rings. The molecule has 2 N–H and O–H groups in total. The van der Waals surface area contributed by atoms with Gasteiger partial charge in [0.05, 0.1) is 11.9 Å². The Balaban J connectivity index is 2.80. The fraction of sp³-hybridized carbons (Fsp3) is 0.500. The van der Waals surface area contributed by atoms with Crippen LogP contribution in [0.15, 0.2) is 12.4 Å². The quantitative estimate of drug-likeness (QED) is 0.770. The van der Waals surface area contributed by atoms with E-state index in [9.17, 15) is 4.79 Å². The third-order valence-corrected chi connectivity index (χ3v) is 2.32. The lowest BCUT2D eigenvalue weighted by Gasteiger charge is -2.22. The van der Waals surface area contributed by atoms with E-state index in [1.54, 1.807) is 18.1 Å². The number of nitrogens with two attached hydrogens (primary N) is 1. The molecule has 0 aromatic carbocycles. The molecule has 0 bridgehead atoms. The van der Waals surface area contributed by atoms with Crippen LogP contribution in [-0.4, -0.2) is 40.4 Å². The highest BCUT2D eigenvalue weighted by molar-refractivity contribution is 5.91. The first-order chi connectivity index (χ1) is 7.06. The van der Waals surface area contributed by atoms with Crippen LogP contribution in [0.25, 0.3) is 0 Å². The average Bonchev–Trinajstić information content (AvgIpc) is 2.27. The topological polar surface area (TPSA) is 72.1 Å². The second kappa shape index (κ2) is 4.84. The summed E-state index contributed by atoms with van der Waals surface area (Å²) in [5.74, 6) is -0.152. The summed E-state index contributed by atoms with van der Waals surface area (Å²) in [7, 11) is 1.71. The van der Waals surface area contributed by atoms with Gasteiger partial charge in [0.1, 0.15) is 5.69 Å². The molecule has 1 rings (SSSR count). The van der Waals surface area contributed by atoms with Gasteiger partial charge in [-0.25, -0.2) is 4.98 Å². The van der Waals surface area contributed by atoms with E-state index < -0.39 is 0 Å². The van der Waals surface area contributed by atoms with Crippen LogP contribution in [0.2, 0.25) is 0 Å². The van der Waals surface area contributed by atoms with Crippen LogP contribution in [0.3, 0.4) is 0 Å². The highest BCUT2D eigenvalue weighted by Gasteiger charge is 2.17. The normalized spacial score (nSPS) is 12.3. The number of likely N-dealkylation sites (N-methyl/N-ethyl adjacent to an activating group) is 1. The molecule has 0 saturated heterocycles. The lowest BCUT2D eigenvalue weighted by molar-refractivity contribution is 0.0742. The maximum Gasteiger partial charge on any atom is 0.274 e. The number of rotatable bonds is 3. The van der Waals surface area contributed by atoms with Gasteiger partial charge in [0, 0.05) is 25.8 Å². The molecule has 0 aliphatic heterocycles. The Morgan fingerprint density at radius 3 is 2.67 bits per heavy atom. The van der Waals surface area contributed by atoms with Crippen molar-refractivity contribution in [3.05, 3.63) is 23.8 Å². The SMILES string of the molecule is Cc1cnc(C(=O)N(C)C(C)CN)cn1. The summed E-state index contributed by atoms with van der Waals surface area (Å²) in [5, 5.41) is 0. The molecule has 0 aliphatic carbocycles. The number of hydrogen-bond donors (Lipinski definition) is 1. The first-order valence-electron chi connectivity index (χ1n) is 4.82. The first-order valence-corrected chi connectivity index (χ1v) is 4.82. The van der Waals surface area contributed by atoms with Gasteiger partial charge in [0.15, 0.2) is 0 Å². The van der Waals surface area contributed by atoms with Gasteiger partial charge in [-0.15, -0.1) is 0 Å². The van der Waals surface area contributed by atoms with Crippen LogP contribution in [0.4, 0.5) is 0 Å². The molecule has 1 aromatic heterocycles. The fourth-order valence-corrected chi connectivity index (χ4v) is 1.04. The molecule has 5 nitrogen and oxygen atoms in total. The van der Waals surface area contributed by atoms with Crippen molar-refractivity contribution < 1.29 is 4.79 Å². The Morgan fingerprint density at radius 2 is 2.20 bits per heavy atom. The maximum absolute atomic E-state index is 11.8. The van der Waals surface area contributed by atoms with Crippen molar-refractivity contribution in [1.82, 2.24) is 14.9 Å². The number of hydrogen-bond acceptors (Lipinski definition) is 4. The summed E-state index contributed by atoms with van der Waals surface area (Å²) in [5.41, 5.74) is 6.63. The summed E-state index contributed by atoms with van der Waals surface area (Å²) >= 11 is 0. The minimum Gasteiger partial charge on any atom is -0.336 e. The Kier molecular flexibility index (Phi) is 3.74. The van der Waals surface area contributed by atoms with Gasteiger partial charge in [-0.2, -0.15) is 0 Å². The summed E-state index contributed by atoms with van der Waals surface area (Å²) in [6, 6.07) is 0.000558. The van der Waals surface area contributed by atoms with E-state index in [1.807, 2.05) is 13.8 Å². The maximum atomic E-state index is 11.8. The largest absolute Gasteiger partial charge is 0.336 e. The van der Waals surface area contributed by atoms with Crippen molar-refractivity contribution >= 4 is 5.91 Å². The summed E-state index contributed by atoms with van der Waals surface area (Å²) in [4.78, 5) is 21.4. The molecule has 0 aliphatic rings. The minimum atomic E-state index is -0.152. The van der Waals surface area contributed by atoms with Gasteiger partial charge in [-0.1, -0.05) is 0 Å². The van der Waals surface area contributed by atoms with Gasteiger partial charge in [-0.3, -0.25) is 9.78 Å². The number of amides is 1. The predicted octanol–water partition coefficient (Wildman–Crippen LogP) is 0.204. The van der Waals surface area contributed by atoms with Gasteiger partial charge < -0.3 is 10.6 Å². The number of aryl methyl sites for hydroxylation is 1. The highest BCUT2D eigenvalue weighted by atomic mass is 16.2. The molecule has 1 heterocycles. The van der Waals surface area contributed by atoms with Crippen LogP contribution in [-0.2, 0) is 0 Å². The summed E-state index contributed by atoms with van der Waals surface area (Å²) < 4.78 is 0. The molecule has 1 amide bonds. The zero-order chi connectivity index (χ0) is 11.4. The molecule has 5 heteroatoms. The molecule has 0 fully saturated rings. The molecule has 1 atom stereocenters. The zero-order valence-corrected chi connectivity index (χ0v) is 9.27. The van der Waals surface area contributed by atoms with E-state index in [2.05, 4.69) is 9.97 Å². The monoisotopic (exact) mass is 208 g/mol. The molecule has 0 radical (unpaired) electrons. The number of nitrogens with zero attached hydrogens (tertiary/aromatic N) is 3. The second-order valence-electron chi connectivity index (χ2n) is 3.54. The summed E-state index contributed by atoms with van der Waals surface area (Å²) in [6.45, 7) is 4.15. The van der Waals surface area contributed by atoms with Crippen molar-refractivity contribution in [2.45, 2.75) is 19.9 Å². The number of carbonyl (C=O) groups is 1. The molecule has 0 saturated carbocycles. The molecule has 1 unspecified atom stereocenters. The van der Waals surface area contributed by atoms with Crippen molar-refractivity contribution in [3.63, 3.8) is 0 Å². The molecule has 0 spiro atoms. The Hall–Kier alpha value is -1.49. The molecule has 82 valence electrons. The van der Waals surface area contributed by atoms with Crippen LogP contribution in [0, 0.1) is 6.92 Å². The van der Waals surface area contributed by atoms with Crippen LogP contribution < -0.4 is 5.73 Å². The van der Waals surface area contributed by atoms with Gasteiger partial charge in [0.2, 0.25) is 0 Å². The lowest BCUT2D eigenvalue weighted by Crippen LogP contribution is -2.40. The fourth-order valence-electron chi connectivity index (χ4n) is 1.04. The third-order valence-electron chi connectivity index (χ3n) is 2.32. The van der Waals surface area contributed by atoms with Crippen molar-refractivity contribution in [2.75, 3.05) is 13.6 Å². The zero-order valence-electron chi connectivity index (χ0n) is 9.27. The Labute approximate surface area is 89.3 Å². The smallest absolute Gasteiger partial charge is 0.274 e. The van der Waals surface area contributed by atoms with E-state index >= 15 is 0 Å². The third kappa shape index (κ3) is 2.73. The lowest BCUT2D eigenvalue weighted by atomic mass is 10.2. The van der Waals surface area contributed by atoms with Gasteiger partial charge in [-0.05, 0) is 13.8 Å². The van der Waals surface area contributed by atoms with Crippen molar-refractivity contribution in [1.29, 1.82) is 0 Å². The van der Waals surface area contributed by atoms with Gasteiger partial charge >= 0.3 is 0 Å². The van der Waals surface area contributed by atoms with Crippen molar-refractivity contribution in [2.24, 2.45) is 5.73 Å². The minimum absolute atomic E-state index is 0.000558. The van der Waals surface area contributed by atoms with Crippen molar-refractivity contribution in [3.8, 4) is 0 Å². The molecular weight excluding hydrogens is 192 g/mol. The van der Waals surface area contributed by atoms with Gasteiger partial charge in [0.25, 0.3) is 5.91 Å². The second-order valence-corrected chi connectivity index (χ2v) is 3.54. The van der Waals surface area contributed by atoms with E-state index in [0.29, 0.717) is 12.2 Å². The van der Waals surface area contributed by atoms with Crippen LogP contribution in [0.5, 0.6) is 0 Å². The standard InChI is InChI=1S/C10H16N4O/c1-7-5-13-9(6-12-7)10(15)14(3)8(2)4-11/h5-6,8H,4,11H2,1-3H3. The first kappa shape index (κ1) is 11.6. The highest BCUT2D eigenvalue weighted by Crippen LogP contribution is 2.02. The molecular formula is C10H16N4O. The summed E-state index contributed by atoms with van der Waals surface area (Å²) in [6.07, 6.45) is 3.06. The van der Waals surface area contributed by atoms with E-state index in [1.165, 1.54) is 6.20 Å². The number of carbonyl (C=O) groups excluding carboxylic acids is 1.